The Hall–Kier alpha value is -2.54. The lowest BCUT2D eigenvalue weighted by Crippen LogP contribution is -2.34. The van der Waals surface area contributed by atoms with Crippen molar-refractivity contribution in [2.24, 2.45) is 7.05 Å². The lowest BCUT2D eigenvalue weighted by Gasteiger charge is -2.21. The van der Waals surface area contributed by atoms with Gasteiger partial charge in [0, 0.05) is 7.05 Å². The number of carbonyl (C=O) groups excluding carboxylic acids is 1. The Morgan fingerprint density at radius 3 is 2.64 bits per heavy atom. The average Bonchev–Trinajstić information content (AvgIpc) is 3.27. The molecule has 3 rings (SSSR count). The van der Waals surface area contributed by atoms with E-state index in [9.17, 15) is 4.79 Å². The quantitative estimate of drug-likeness (QED) is 0.565. The number of nitrogens with zero attached hydrogens (tertiary/aromatic N) is 3. The normalized spacial score (nSPS) is 13.3. The molecular weight excluding hydrogens is 372 g/mol. The number of nitrogens with one attached hydrogen (secondary N) is 1. The Balaban J connectivity index is 1.69. The summed E-state index contributed by atoms with van der Waals surface area (Å²) in [6, 6.07) is 12.0. The van der Waals surface area contributed by atoms with Crippen molar-refractivity contribution in [3.8, 4) is 11.4 Å². The van der Waals surface area contributed by atoms with Gasteiger partial charge in [0.15, 0.2) is 11.0 Å². The minimum Gasteiger partial charge on any atom is -0.469 e. The average molecular weight is 399 g/mol. The number of amides is 1. The summed E-state index contributed by atoms with van der Waals surface area (Å²) in [5, 5.41) is 12.1. The second-order valence-corrected chi connectivity index (χ2v) is 8.08. The van der Waals surface area contributed by atoms with E-state index in [0.29, 0.717) is 5.16 Å². The highest BCUT2D eigenvalue weighted by atomic mass is 32.2. The van der Waals surface area contributed by atoms with Crippen molar-refractivity contribution in [1.29, 1.82) is 0 Å². The van der Waals surface area contributed by atoms with Gasteiger partial charge in [-0.05, 0) is 31.9 Å². The van der Waals surface area contributed by atoms with Crippen LogP contribution in [0.3, 0.4) is 0 Å². The van der Waals surface area contributed by atoms with Crippen LogP contribution in [0.25, 0.3) is 11.4 Å². The third kappa shape index (κ3) is 4.47. The number of hydrogen-bond acceptors (Lipinski definition) is 5. The molecule has 6 nitrogen and oxygen atoms in total. The molecule has 3 aromatic rings. The minimum atomic E-state index is -0.288. The molecular formula is C21H26N4O2S. The first-order valence-electron chi connectivity index (χ1n) is 9.47. The number of benzene rings is 1. The number of carbonyl (C=O) groups is 1. The summed E-state index contributed by atoms with van der Waals surface area (Å²) < 4.78 is 7.26. The predicted octanol–water partition coefficient (Wildman–Crippen LogP) is 4.52. The van der Waals surface area contributed by atoms with Crippen molar-refractivity contribution in [3.63, 3.8) is 0 Å². The zero-order valence-electron chi connectivity index (χ0n) is 16.7. The number of aromatic nitrogens is 3. The van der Waals surface area contributed by atoms with E-state index >= 15 is 0 Å². The van der Waals surface area contributed by atoms with Crippen molar-refractivity contribution < 1.29 is 9.21 Å². The molecule has 0 aliphatic carbocycles. The molecule has 1 amide bonds. The molecule has 0 saturated carbocycles. The second-order valence-electron chi connectivity index (χ2n) is 6.78. The number of thioether (sulfide) groups is 1. The highest BCUT2D eigenvalue weighted by molar-refractivity contribution is 8.00. The summed E-state index contributed by atoms with van der Waals surface area (Å²) in [5.74, 6) is 1.52. The van der Waals surface area contributed by atoms with Gasteiger partial charge in [-0.3, -0.25) is 4.79 Å². The lowest BCUT2D eigenvalue weighted by atomic mass is 10.0. The van der Waals surface area contributed by atoms with E-state index in [1.807, 2.05) is 49.7 Å². The molecule has 0 fully saturated rings. The van der Waals surface area contributed by atoms with E-state index in [1.165, 1.54) is 11.8 Å². The highest BCUT2D eigenvalue weighted by Crippen LogP contribution is 2.28. The molecule has 2 unspecified atom stereocenters. The summed E-state index contributed by atoms with van der Waals surface area (Å²) in [4.78, 5) is 12.8. The number of aryl methyl sites for hydroxylation is 1. The maximum absolute atomic E-state index is 12.8. The maximum Gasteiger partial charge on any atom is 0.233 e. The molecule has 148 valence electrons. The molecule has 0 spiro atoms. The van der Waals surface area contributed by atoms with E-state index in [0.717, 1.165) is 35.6 Å². The topological polar surface area (TPSA) is 73.0 Å². The molecule has 0 radical (unpaired) electrons. The Labute approximate surface area is 169 Å². The monoisotopic (exact) mass is 398 g/mol. The first-order chi connectivity index (χ1) is 13.5. The van der Waals surface area contributed by atoms with Crippen molar-refractivity contribution in [1.82, 2.24) is 20.1 Å². The van der Waals surface area contributed by atoms with Gasteiger partial charge in [0.1, 0.15) is 5.76 Å². The van der Waals surface area contributed by atoms with Gasteiger partial charge in [0.25, 0.3) is 0 Å². The molecule has 2 heterocycles. The molecule has 28 heavy (non-hydrogen) atoms. The molecule has 1 N–H and O–H groups in total. The van der Waals surface area contributed by atoms with Crippen LogP contribution in [0.15, 0.2) is 52.2 Å². The van der Waals surface area contributed by atoms with Crippen molar-refractivity contribution in [2.75, 3.05) is 0 Å². The van der Waals surface area contributed by atoms with E-state index in [1.54, 1.807) is 6.26 Å². The first kappa shape index (κ1) is 20.2. The van der Waals surface area contributed by atoms with Gasteiger partial charge in [-0.2, -0.15) is 0 Å². The SMILES string of the molecule is CCCC(NC(=O)C(C)Sc1nnc(-c2ccoc2C)n1C)c1ccccc1. The first-order valence-corrected chi connectivity index (χ1v) is 10.3. The molecule has 7 heteroatoms. The predicted molar refractivity (Wildman–Crippen MR) is 111 cm³/mol. The van der Waals surface area contributed by atoms with Gasteiger partial charge in [-0.15, -0.1) is 10.2 Å². The van der Waals surface area contributed by atoms with E-state index in [4.69, 9.17) is 4.42 Å². The van der Waals surface area contributed by atoms with Gasteiger partial charge in [0.05, 0.1) is 23.1 Å². The molecule has 0 saturated heterocycles. The fraction of sp³-hybridized carbons (Fsp3) is 0.381. The summed E-state index contributed by atoms with van der Waals surface area (Å²) in [6.45, 7) is 5.91. The van der Waals surface area contributed by atoms with Crippen LogP contribution in [-0.2, 0) is 11.8 Å². The largest absolute Gasteiger partial charge is 0.469 e. The molecule has 1 aromatic carbocycles. The van der Waals surface area contributed by atoms with E-state index in [2.05, 4.69) is 34.6 Å². The van der Waals surface area contributed by atoms with Crippen LogP contribution in [0.1, 0.15) is 44.1 Å². The molecule has 0 aliphatic rings. The van der Waals surface area contributed by atoms with Crippen LogP contribution in [0.5, 0.6) is 0 Å². The number of rotatable bonds is 8. The minimum absolute atomic E-state index is 0.00338. The Morgan fingerprint density at radius 2 is 2.00 bits per heavy atom. The fourth-order valence-electron chi connectivity index (χ4n) is 3.07. The van der Waals surface area contributed by atoms with Gasteiger partial charge in [-0.25, -0.2) is 0 Å². The summed E-state index contributed by atoms with van der Waals surface area (Å²) >= 11 is 1.40. The third-order valence-corrected chi connectivity index (χ3v) is 5.82. The van der Waals surface area contributed by atoms with Gasteiger partial charge in [-0.1, -0.05) is 55.4 Å². The molecule has 0 aliphatic heterocycles. The van der Waals surface area contributed by atoms with E-state index < -0.39 is 0 Å². The Bertz CT molecular complexity index is 920. The molecule has 2 atom stereocenters. The second kappa shape index (κ2) is 9.10. The van der Waals surface area contributed by atoms with Crippen LogP contribution < -0.4 is 5.32 Å². The van der Waals surface area contributed by atoms with Gasteiger partial charge in [0.2, 0.25) is 5.91 Å². The van der Waals surface area contributed by atoms with Crippen LogP contribution in [0.2, 0.25) is 0 Å². The van der Waals surface area contributed by atoms with E-state index in [-0.39, 0.29) is 17.2 Å². The zero-order chi connectivity index (χ0) is 20.1. The lowest BCUT2D eigenvalue weighted by molar-refractivity contribution is -0.121. The standard InChI is InChI=1S/C21H26N4O2S/c1-5-9-18(16-10-7-6-8-11-16)22-20(26)15(3)28-21-24-23-19(25(21)4)17-12-13-27-14(17)2/h6-8,10-13,15,18H,5,9H2,1-4H3,(H,22,26). The van der Waals surface area contributed by atoms with Crippen LogP contribution in [0.4, 0.5) is 0 Å². The highest BCUT2D eigenvalue weighted by Gasteiger charge is 2.23. The summed E-state index contributed by atoms with van der Waals surface area (Å²) in [5.41, 5.74) is 2.04. The van der Waals surface area contributed by atoms with Gasteiger partial charge < -0.3 is 14.3 Å². The van der Waals surface area contributed by atoms with Crippen molar-refractivity contribution in [2.45, 2.75) is 50.1 Å². The van der Waals surface area contributed by atoms with Crippen molar-refractivity contribution in [3.05, 3.63) is 54.0 Å². The molecule has 2 aromatic heterocycles. The van der Waals surface area contributed by atoms with Crippen molar-refractivity contribution >= 4 is 17.7 Å². The third-order valence-electron chi connectivity index (χ3n) is 4.68. The van der Waals surface area contributed by atoms with Gasteiger partial charge >= 0.3 is 0 Å². The zero-order valence-corrected chi connectivity index (χ0v) is 17.5. The summed E-state index contributed by atoms with van der Waals surface area (Å²) in [7, 11) is 1.90. The van der Waals surface area contributed by atoms with Crippen LogP contribution >= 0.6 is 11.8 Å². The molecule has 0 bridgehead atoms. The smallest absolute Gasteiger partial charge is 0.233 e. The summed E-state index contributed by atoms with van der Waals surface area (Å²) in [6.07, 6.45) is 3.54. The Morgan fingerprint density at radius 1 is 1.25 bits per heavy atom. The number of hydrogen-bond donors (Lipinski definition) is 1. The van der Waals surface area contributed by atoms with Crippen LogP contribution in [-0.4, -0.2) is 25.9 Å². The van der Waals surface area contributed by atoms with Crippen LogP contribution in [0, 0.1) is 6.92 Å². The Kier molecular flexibility index (Phi) is 6.57. The fourth-order valence-corrected chi connectivity index (χ4v) is 3.89. The number of furan rings is 1. The maximum atomic E-state index is 12.8.